The van der Waals surface area contributed by atoms with E-state index in [1.165, 1.54) is 38.6 Å². The monoisotopic (exact) mass is 454 g/mol. The molecule has 1 aromatic carbocycles. The predicted octanol–water partition coefficient (Wildman–Crippen LogP) is 1.00. The fourth-order valence-corrected chi connectivity index (χ4v) is 3.70. The van der Waals surface area contributed by atoms with Crippen molar-refractivity contribution >= 4 is 41.7 Å². The fraction of sp³-hybridized carbons (Fsp3) is 0.421. The third-order valence-corrected chi connectivity index (χ3v) is 5.09. The van der Waals surface area contributed by atoms with E-state index in [0.717, 1.165) is 0 Å². The van der Waals surface area contributed by atoms with Gasteiger partial charge in [-0.3, -0.25) is 14.4 Å². The average molecular weight is 454 g/mol. The average Bonchev–Trinajstić information content (AvgIpc) is 2.65. The summed E-state index contributed by atoms with van der Waals surface area (Å²) in [5.41, 5.74) is 0.641. The highest BCUT2D eigenvalue weighted by atomic mass is 32.2. The number of carboxylic acid groups (broad SMARTS) is 1. The number of rotatable bonds is 3. The van der Waals surface area contributed by atoms with Gasteiger partial charge in [0, 0.05) is 49.1 Å². The summed E-state index contributed by atoms with van der Waals surface area (Å²) in [6.45, 7) is 3.57. The van der Waals surface area contributed by atoms with E-state index in [1.54, 1.807) is 0 Å². The molecule has 168 valence electrons. The number of fused-ring (bicyclic) bond motifs is 1. The number of hydrogen-bond donors (Lipinski definition) is 3. The molecule has 2 rings (SSSR count). The summed E-state index contributed by atoms with van der Waals surface area (Å²) in [6, 6.07) is 0.0342. The number of nitrogens with one attached hydrogen (secondary N) is 2. The van der Waals surface area contributed by atoms with Crippen LogP contribution in [0, 0.1) is 6.92 Å². The van der Waals surface area contributed by atoms with Crippen LogP contribution in [0.1, 0.15) is 35.3 Å². The van der Waals surface area contributed by atoms with Crippen molar-refractivity contribution in [1.29, 1.82) is 0 Å². The third-order valence-electron chi connectivity index (χ3n) is 4.10. The van der Waals surface area contributed by atoms with E-state index in [4.69, 9.17) is 19.3 Å². The lowest BCUT2D eigenvalue weighted by molar-refractivity contribution is -0.132. The van der Waals surface area contributed by atoms with E-state index in [1.807, 2.05) is 5.32 Å². The molecule has 0 aliphatic carbocycles. The first kappa shape index (κ1) is 24.0. The molecule has 0 saturated heterocycles. The molecule has 0 radical (unpaired) electrons. The van der Waals surface area contributed by atoms with Gasteiger partial charge in [-0.05, 0) is 6.92 Å². The highest BCUT2D eigenvalue weighted by molar-refractivity contribution is 7.98. The lowest BCUT2D eigenvalue weighted by atomic mass is 10.0. The van der Waals surface area contributed by atoms with Crippen molar-refractivity contribution in [2.24, 2.45) is 0 Å². The second-order valence-corrected chi connectivity index (χ2v) is 7.59. The first-order chi connectivity index (χ1) is 14.6. The second kappa shape index (κ2) is 10.7. The number of benzene rings is 1. The van der Waals surface area contributed by atoms with Crippen LogP contribution in [0.25, 0.3) is 0 Å². The van der Waals surface area contributed by atoms with Gasteiger partial charge in [-0.25, -0.2) is 9.59 Å². The number of thioether (sulfide) groups is 1. The van der Waals surface area contributed by atoms with Gasteiger partial charge in [-0.1, -0.05) is 0 Å². The Balaban J connectivity index is 2.54. The Kier molecular flexibility index (Phi) is 8.25. The highest BCUT2D eigenvalue weighted by Crippen LogP contribution is 2.36. The van der Waals surface area contributed by atoms with Crippen LogP contribution in [0.2, 0.25) is 0 Å². The molecule has 11 nitrogen and oxygen atoms in total. The summed E-state index contributed by atoms with van der Waals surface area (Å²) in [4.78, 5) is 59.2. The Labute approximate surface area is 181 Å². The van der Waals surface area contributed by atoms with Gasteiger partial charge in [0.05, 0.1) is 5.56 Å². The van der Waals surface area contributed by atoms with Crippen LogP contribution in [0.4, 0.5) is 4.79 Å². The number of ether oxygens (including phenoxy) is 3. The molecule has 0 fully saturated rings. The predicted molar refractivity (Wildman–Crippen MR) is 108 cm³/mol. The van der Waals surface area contributed by atoms with Crippen LogP contribution in [0.15, 0.2) is 6.07 Å². The van der Waals surface area contributed by atoms with E-state index in [-0.39, 0.29) is 34.9 Å². The van der Waals surface area contributed by atoms with E-state index < -0.39 is 42.6 Å². The van der Waals surface area contributed by atoms with Crippen molar-refractivity contribution in [3.63, 3.8) is 0 Å². The quantitative estimate of drug-likeness (QED) is 0.444. The zero-order chi connectivity index (χ0) is 23.1. The highest BCUT2D eigenvalue weighted by Gasteiger charge is 2.28. The lowest BCUT2D eigenvalue weighted by Gasteiger charge is -2.21. The summed E-state index contributed by atoms with van der Waals surface area (Å²) < 4.78 is 15.6. The third kappa shape index (κ3) is 6.60. The van der Waals surface area contributed by atoms with E-state index in [0.29, 0.717) is 11.3 Å². The maximum atomic E-state index is 12.9. The summed E-state index contributed by atoms with van der Waals surface area (Å²) in [7, 11) is 0. The topological polar surface area (TPSA) is 157 Å². The molecule has 1 aliphatic heterocycles. The summed E-state index contributed by atoms with van der Waals surface area (Å²) in [5.74, 6) is -2.09. The van der Waals surface area contributed by atoms with Crippen molar-refractivity contribution in [2.45, 2.75) is 32.6 Å². The Morgan fingerprint density at radius 1 is 1.19 bits per heavy atom. The minimum absolute atomic E-state index is 0.00879. The molecule has 2 amide bonds. The van der Waals surface area contributed by atoms with E-state index in [2.05, 4.69) is 5.32 Å². The SMILES string of the molecule is CC(=O)Oc1cc(OC(C)=O)c2c(c1C)C(=O)OC[C@H](NC(=O)O)C(=O)NCCSC2. The molecule has 1 aliphatic rings. The molecule has 3 N–H and O–H groups in total. The number of cyclic esters (lactones) is 1. The standard InChI is InChI=1S/C19H22N2O9S/c1-9-14(29-10(2)22)6-15(30-11(3)23)12-8-31-5-4-20-17(24)13(21-19(26)27)7-28-18(25)16(9)12/h6,13,21H,4-5,7-8H2,1-3H3,(H,20,24)(H,26,27)/t13-/m0/s1. The first-order valence-electron chi connectivity index (χ1n) is 9.15. The minimum Gasteiger partial charge on any atom is -0.465 e. The molecular formula is C19H22N2O9S. The molecule has 0 aromatic heterocycles. The zero-order valence-corrected chi connectivity index (χ0v) is 17.9. The molecule has 0 saturated carbocycles. The largest absolute Gasteiger partial charge is 0.465 e. The second-order valence-electron chi connectivity index (χ2n) is 6.48. The number of carbonyl (C=O) groups excluding carboxylic acids is 4. The van der Waals surface area contributed by atoms with Gasteiger partial charge < -0.3 is 30.0 Å². The molecule has 1 aromatic rings. The number of amides is 2. The zero-order valence-electron chi connectivity index (χ0n) is 17.1. The van der Waals surface area contributed by atoms with Gasteiger partial charge in [0.2, 0.25) is 5.91 Å². The van der Waals surface area contributed by atoms with Gasteiger partial charge in [-0.15, -0.1) is 0 Å². The van der Waals surface area contributed by atoms with Crippen LogP contribution in [0.3, 0.4) is 0 Å². The molecule has 0 bridgehead atoms. The van der Waals surface area contributed by atoms with Gasteiger partial charge in [0.15, 0.2) is 0 Å². The normalized spacial score (nSPS) is 17.1. The fourth-order valence-electron chi connectivity index (χ4n) is 2.82. The van der Waals surface area contributed by atoms with Crippen LogP contribution in [-0.4, -0.2) is 60.0 Å². The van der Waals surface area contributed by atoms with Crippen molar-refractivity contribution in [2.75, 3.05) is 18.9 Å². The molecule has 0 unspecified atom stereocenters. The molecule has 12 heteroatoms. The molecule has 1 atom stereocenters. The van der Waals surface area contributed by atoms with Gasteiger partial charge in [-0.2, -0.15) is 11.8 Å². The van der Waals surface area contributed by atoms with Crippen LogP contribution < -0.4 is 20.1 Å². The van der Waals surface area contributed by atoms with Crippen molar-refractivity contribution < 1.29 is 43.3 Å². The van der Waals surface area contributed by atoms with Gasteiger partial charge >= 0.3 is 24.0 Å². The Morgan fingerprint density at radius 3 is 2.45 bits per heavy atom. The molecule has 0 spiro atoms. The first-order valence-corrected chi connectivity index (χ1v) is 10.3. The smallest absolute Gasteiger partial charge is 0.405 e. The van der Waals surface area contributed by atoms with E-state index >= 15 is 0 Å². The summed E-state index contributed by atoms with van der Waals surface area (Å²) >= 11 is 1.34. The molecular weight excluding hydrogens is 432 g/mol. The molecule has 1 heterocycles. The van der Waals surface area contributed by atoms with Gasteiger partial charge in [0.25, 0.3) is 0 Å². The van der Waals surface area contributed by atoms with Crippen LogP contribution in [-0.2, 0) is 24.9 Å². The Hall–Kier alpha value is -3.28. The van der Waals surface area contributed by atoms with Crippen LogP contribution >= 0.6 is 11.8 Å². The van der Waals surface area contributed by atoms with Crippen LogP contribution in [0.5, 0.6) is 11.5 Å². The lowest BCUT2D eigenvalue weighted by Crippen LogP contribution is -2.49. The molecule has 31 heavy (non-hydrogen) atoms. The van der Waals surface area contributed by atoms with Crippen molar-refractivity contribution in [1.82, 2.24) is 10.6 Å². The Bertz CT molecular complexity index is 916. The summed E-state index contributed by atoms with van der Waals surface area (Å²) in [6.07, 6.45) is -1.46. The number of hydrogen-bond acceptors (Lipinski definition) is 9. The summed E-state index contributed by atoms with van der Waals surface area (Å²) in [5, 5.41) is 13.5. The van der Waals surface area contributed by atoms with Crippen molar-refractivity contribution in [3.8, 4) is 11.5 Å². The number of carbonyl (C=O) groups is 5. The Morgan fingerprint density at radius 2 is 1.84 bits per heavy atom. The minimum atomic E-state index is -1.46. The van der Waals surface area contributed by atoms with Crippen molar-refractivity contribution in [3.05, 3.63) is 22.8 Å². The van der Waals surface area contributed by atoms with Gasteiger partial charge in [0.1, 0.15) is 24.1 Å². The maximum absolute atomic E-state index is 12.9. The number of esters is 3. The van der Waals surface area contributed by atoms with E-state index in [9.17, 15) is 24.0 Å². The maximum Gasteiger partial charge on any atom is 0.405 e.